The third-order valence-electron chi connectivity index (χ3n) is 6.57. The summed E-state index contributed by atoms with van der Waals surface area (Å²) in [4.78, 5) is 39.8. The van der Waals surface area contributed by atoms with E-state index in [2.05, 4.69) is 37.2 Å². The molecule has 1 aromatic carbocycles. The van der Waals surface area contributed by atoms with Crippen LogP contribution in [0.15, 0.2) is 18.2 Å². The number of hydrogen-bond acceptors (Lipinski definition) is 3. The smallest absolute Gasteiger partial charge is 0.233 e. The molecule has 4 rings (SSSR count). The Morgan fingerprint density at radius 1 is 1.03 bits per heavy atom. The topological polar surface area (TPSA) is 66.5 Å². The molecular formula is C21H22Br2Cl2N2O3. The van der Waals surface area contributed by atoms with Crippen LogP contribution < -0.4 is 5.32 Å². The number of amides is 3. The lowest BCUT2D eigenvalue weighted by molar-refractivity contribution is -0.140. The number of hydrogen-bond donors (Lipinski definition) is 1. The zero-order valence-electron chi connectivity index (χ0n) is 16.1. The van der Waals surface area contributed by atoms with E-state index >= 15 is 0 Å². The molecule has 0 unspecified atom stereocenters. The van der Waals surface area contributed by atoms with Gasteiger partial charge in [0, 0.05) is 27.6 Å². The number of rotatable bonds is 7. The average molecular weight is 581 g/mol. The van der Waals surface area contributed by atoms with Gasteiger partial charge in [-0.2, -0.15) is 0 Å². The Morgan fingerprint density at radius 2 is 1.67 bits per heavy atom. The van der Waals surface area contributed by atoms with Crippen LogP contribution in [0.4, 0.5) is 5.69 Å². The summed E-state index contributed by atoms with van der Waals surface area (Å²) in [5.74, 6) is 0.0261. The summed E-state index contributed by atoms with van der Waals surface area (Å²) >= 11 is 19.4. The van der Waals surface area contributed by atoms with E-state index in [1.54, 1.807) is 18.2 Å². The highest BCUT2D eigenvalue weighted by Crippen LogP contribution is 2.60. The van der Waals surface area contributed by atoms with E-state index in [0.717, 1.165) is 12.8 Å². The molecule has 30 heavy (non-hydrogen) atoms. The molecule has 2 saturated carbocycles. The molecule has 6 atom stereocenters. The Bertz CT molecular complexity index is 852. The Kier molecular flexibility index (Phi) is 6.83. The molecule has 1 aromatic rings. The first-order valence-electron chi connectivity index (χ1n) is 10.2. The fraction of sp³-hybridized carbons (Fsp3) is 0.571. The number of unbranched alkanes of at least 4 members (excludes halogenated alkanes) is 2. The lowest BCUT2D eigenvalue weighted by Gasteiger charge is -2.28. The second-order valence-corrected chi connectivity index (χ2v) is 11.3. The number of halogens is 4. The lowest BCUT2D eigenvalue weighted by atomic mass is 9.81. The average Bonchev–Trinajstić information content (AvgIpc) is 3.30. The summed E-state index contributed by atoms with van der Waals surface area (Å²) in [7, 11) is 0. The normalized spacial score (nSPS) is 32.1. The van der Waals surface area contributed by atoms with Gasteiger partial charge < -0.3 is 5.32 Å². The third kappa shape index (κ3) is 4.07. The van der Waals surface area contributed by atoms with Crippen LogP contribution in [-0.2, 0) is 14.4 Å². The van der Waals surface area contributed by atoms with Crippen LogP contribution in [0.3, 0.4) is 0 Å². The van der Waals surface area contributed by atoms with Crippen molar-refractivity contribution in [2.24, 2.45) is 23.7 Å². The summed E-state index contributed by atoms with van der Waals surface area (Å²) in [6.07, 6.45) is 3.42. The van der Waals surface area contributed by atoms with Crippen molar-refractivity contribution in [2.75, 3.05) is 11.9 Å². The molecule has 2 bridgehead atoms. The minimum absolute atomic E-state index is 0.00492. The first kappa shape index (κ1) is 22.6. The summed E-state index contributed by atoms with van der Waals surface area (Å²) in [6, 6.07) is 4.92. The first-order valence-corrected chi connectivity index (χ1v) is 12.8. The van der Waals surface area contributed by atoms with Gasteiger partial charge in [0.1, 0.15) is 0 Å². The van der Waals surface area contributed by atoms with Crippen molar-refractivity contribution < 1.29 is 14.4 Å². The van der Waals surface area contributed by atoms with Gasteiger partial charge >= 0.3 is 0 Å². The van der Waals surface area contributed by atoms with Crippen LogP contribution in [0.2, 0.25) is 10.0 Å². The number of benzene rings is 1. The van der Waals surface area contributed by atoms with Crippen LogP contribution in [0.25, 0.3) is 0 Å². The number of anilines is 1. The van der Waals surface area contributed by atoms with E-state index in [4.69, 9.17) is 23.2 Å². The van der Waals surface area contributed by atoms with Crippen LogP contribution in [0, 0.1) is 23.7 Å². The quantitative estimate of drug-likeness (QED) is 0.271. The standard InChI is InChI=1S/C21H22Br2Cl2N2O3/c22-18-11-9-12(19(18)23)17-16(11)20(29)27(21(17)30)7-3-1-2-4-15(28)26-14-8-10(24)5-6-13(14)25/h5-6,8,11-12,16-19H,1-4,7,9H2,(H,26,28)/t11-,12-,16-,17+,18-,19+/m1/s1. The number of likely N-dealkylation sites (tertiary alicyclic amines) is 1. The number of fused-ring (bicyclic) bond motifs is 5. The zero-order chi connectivity index (χ0) is 21.6. The highest BCUT2D eigenvalue weighted by Gasteiger charge is 2.66. The predicted octanol–water partition coefficient (Wildman–Crippen LogP) is 5.27. The third-order valence-corrected chi connectivity index (χ3v) is 10.3. The van der Waals surface area contributed by atoms with Crippen molar-refractivity contribution in [2.45, 2.75) is 41.8 Å². The first-order chi connectivity index (χ1) is 14.3. The van der Waals surface area contributed by atoms with Gasteiger partial charge in [0.25, 0.3) is 0 Å². The van der Waals surface area contributed by atoms with Gasteiger partial charge in [-0.15, -0.1) is 0 Å². The van der Waals surface area contributed by atoms with Crippen molar-refractivity contribution in [3.8, 4) is 0 Å². The summed E-state index contributed by atoms with van der Waals surface area (Å²) < 4.78 is 0. The summed E-state index contributed by atoms with van der Waals surface area (Å²) in [5, 5.41) is 3.71. The van der Waals surface area contributed by atoms with E-state index < -0.39 is 0 Å². The molecule has 3 amide bonds. The van der Waals surface area contributed by atoms with Gasteiger partial charge in [-0.25, -0.2) is 0 Å². The molecule has 162 valence electrons. The maximum Gasteiger partial charge on any atom is 0.233 e. The molecule has 5 nitrogen and oxygen atoms in total. The van der Waals surface area contributed by atoms with Crippen LogP contribution in [0.5, 0.6) is 0 Å². The molecule has 1 N–H and O–H groups in total. The number of nitrogens with one attached hydrogen (secondary N) is 1. The van der Waals surface area contributed by atoms with Gasteiger partial charge in [0.15, 0.2) is 0 Å². The minimum atomic E-state index is -0.158. The monoisotopic (exact) mass is 578 g/mol. The molecule has 1 saturated heterocycles. The van der Waals surface area contributed by atoms with E-state index in [0.29, 0.717) is 41.5 Å². The van der Waals surface area contributed by atoms with Crippen LogP contribution >= 0.6 is 55.1 Å². The minimum Gasteiger partial charge on any atom is -0.325 e. The molecule has 0 spiro atoms. The maximum atomic E-state index is 12.9. The largest absolute Gasteiger partial charge is 0.325 e. The van der Waals surface area contributed by atoms with Crippen molar-refractivity contribution >= 4 is 78.5 Å². The molecule has 9 heteroatoms. The Labute approximate surface area is 202 Å². The molecule has 0 radical (unpaired) electrons. The fourth-order valence-corrected chi connectivity index (χ4v) is 7.38. The number of carbonyl (C=O) groups excluding carboxylic acids is 3. The van der Waals surface area contributed by atoms with Crippen molar-refractivity contribution in [3.63, 3.8) is 0 Å². The van der Waals surface area contributed by atoms with E-state index in [1.807, 2.05) is 0 Å². The fourth-order valence-electron chi connectivity index (χ4n) is 5.17. The van der Waals surface area contributed by atoms with E-state index in [1.165, 1.54) is 4.90 Å². The summed E-state index contributed by atoms with van der Waals surface area (Å²) in [6.45, 7) is 0.436. The lowest BCUT2D eigenvalue weighted by Crippen LogP contribution is -2.37. The van der Waals surface area contributed by atoms with Gasteiger partial charge in [0.2, 0.25) is 17.7 Å². The van der Waals surface area contributed by atoms with Gasteiger partial charge in [0.05, 0.1) is 22.5 Å². The Balaban J connectivity index is 1.22. The van der Waals surface area contributed by atoms with E-state index in [-0.39, 0.29) is 51.0 Å². The number of imide groups is 1. The molecule has 2 aliphatic carbocycles. The van der Waals surface area contributed by atoms with Gasteiger partial charge in [-0.1, -0.05) is 61.5 Å². The van der Waals surface area contributed by atoms with Crippen molar-refractivity contribution in [3.05, 3.63) is 28.2 Å². The Morgan fingerprint density at radius 3 is 2.30 bits per heavy atom. The predicted molar refractivity (Wildman–Crippen MR) is 124 cm³/mol. The molecular weight excluding hydrogens is 559 g/mol. The van der Waals surface area contributed by atoms with Crippen LogP contribution in [-0.4, -0.2) is 38.8 Å². The zero-order valence-corrected chi connectivity index (χ0v) is 20.8. The van der Waals surface area contributed by atoms with Crippen LogP contribution in [0.1, 0.15) is 32.1 Å². The molecule has 1 aliphatic heterocycles. The van der Waals surface area contributed by atoms with Gasteiger partial charge in [-0.05, 0) is 49.3 Å². The highest BCUT2D eigenvalue weighted by molar-refractivity contribution is 9.12. The summed E-state index contributed by atoms with van der Waals surface area (Å²) in [5.41, 5.74) is 0.499. The SMILES string of the molecule is O=C(CCCCCN1C(=O)[C@@H]2[C@H]3C[C@@H]([C@H](Br)[C@@H]3Br)[C@@H]2C1=O)Nc1cc(Cl)ccc1Cl. The Hall–Kier alpha value is -0.630. The number of carbonyl (C=O) groups is 3. The van der Waals surface area contributed by atoms with Crippen molar-refractivity contribution in [1.82, 2.24) is 4.90 Å². The highest BCUT2D eigenvalue weighted by atomic mass is 79.9. The maximum absolute atomic E-state index is 12.9. The second-order valence-electron chi connectivity index (χ2n) is 8.31. The van der Waals surface area contributed by atoms with Gasteiger partial charge in [-0.3, -0.25) is 19.3 Å². The molecule has 3 fully saturated rings. The number of nitrogens with zero attached hydrogens (tertiary/aromatic N) is 1. The molecule has 3 aliphatic rings. The second kappa shape index (κ2) is 9.08. The molecule has 0 aromatic heterocycles. The van der Waals surface area contributed by atoms with Crippen molar-refractivity contribution in [1.29, 1.82) is 0 Å². The number of alkyl halides is 2. The van der Waals surface area contributed by atoms with E-state index in [9.17, 15) is 14.4 Å². The molecule has 1 heterocycles.